The minimum atomic E-state index is -0.0956. The van der Waals surface area contributed by atoms with Crippen LogP contribution >= 0.6 is 11.3 Å². The lowest BCUT2D eigenvalue weighted by molar-refractivity contribution is 0.0417. The van der Waals surface area contributed by atoms with Crippen LogP contribution in [0.5, 0.6) is 5.75 Å². The number of aromatic hydroxyl groups is 1. The quantitative estimate of drug-likeness (QED) is 0.899. The van der Waals surface area contributed by atoms with Gasteiger partial charge in [-0.2, -0.15) is 0 Å². The number of amides is 2. The lowest BCUT2D eigenvalue weighted by atomic mass is 10.1. The van der Waals surface area contributed by atoms with E-state index in [1.165, 1.54) is 10.9 Å². The van der Waals surface area contributed by atoms with Gasteiger partial charge >= 0.3 is 0 Å². The Labute approximate surface area is 157 Å². The van der Waals surface area contributed by atoms with Crippen LogP contribution in [0.3, 0.4) is 0 Å². The Bertz CT molecular complexity index is 830. The summed E-state index contributed by atoms with van der Waals surface area (Å²) >= 11 is 1.54. The molecule has 1 atom stereocenters. The zero-order valence-electron chi connectivity index (χ0n) is 15.4. The Morgan fingerprint density at radius 3 is 2.62 bits per heavy atom. The topological polar surface area (TPSA) is 60.9 Å². The molecule has 1 aliphatic heterocycles. The number of nitrogens with zero attached hydrogens (tertiary/aromatic N) is 2. The number of benzene rings is 1. The van der Waals surface area contributed by atoms with Crippen LogP contribution in [-0.4, -0.2) is 52.4 Å². The second-order valence-corrected chi connectivity index (χ2v) is 7.89. The number of hydrogen-bond donors (Lipinski definition) is 1. The van der Waals surface area contributed by atoms with Crippen LogP contribution in [0.15, 0.2) is 30.3 Å². The van der Waals surface area contributed by atoms with Gasteiger partial charge in [-0.3, -0.25) is 9.59 Å². The standard InChI is InChI=1S/C20H24N2O3S/c1-4-16-7-8-18(26-16)20(25)22-10-9-21(12-14(22)3)19(24)17-11-15(23)6-5-13(17)2/h5-8,11,14,23H,4,9-10,12H2,1-3H3. The minimum absolute atomic E-state index is 0.0443. The Kier molecular flexibility index (Phi) is 5.32. The number of phenolic OH excluding ortho intramolecular Hbond substituents is 1. The van der Waals surface area contributed by atoms with Gasteiger partial charge < -0.3 is 14.9 Å². The van der Waals surface area contributed by atoms with Gasteiger partial charge in [-0.05, 0) is 50.1 Å². The molecule has 1 aromatic carbocycles. The molecule has 1 aromatic heterocycles. The number of hydrogen-bond acceptors (Lipinski definition) is 4. The third-order valence-corrected chi connectivity index (χ3v) is 6.07. The van der Waals surface area contributed by atoms with E-state index in [0.717, 1.165) is 16.9 Å². The number of carbonyl (C=O) groups is 2. The Balaban J connectivity index is 1.70. The van der Waals surface area contributed by atoms with Gasteiger partial charge in [-0.1, -0.05) is 13.0 Å². The Morgan fingerprint density at radius 2 is 1.96 bits per heavy atom. The number of phenols is 1. The van der Waals surface area contributed by atoms with Gasteiger partial charge in [-0.15, -0.1) is 11.3 Å². The van der Waals surface area contributed by atoms with Gasteiger partial charge in [0.25, 0.3) is 11.8 Å². The lowest BCUT2D eigenvalue weighted by Crippen LogP contribution is -2.55. The highest BCUT2D eigenvalue weighted by Crippen LogP contribution is 2.23. The maximum Gasteiger partial charge on any atom is 0.264 e. The van der Waals surface area contributed by atoms with E-state index in [1.54, 1.807) is 28.4 Å². The van der Waals surface area contributed by atoms with E-state index in [2.05, 4.69) is 6.92 Å². The number of aryl methyl sites for hydroxylation is 2. The molecule has 5 nitrogen and oxygen atoms in total. The highest BCUT2D eigenvalue weighted by atomic mass is 32.1. The molecule has 1 aliphatic rings. The molecule has 0 bridgehead atoms. The predicted molar refractivity (Wildman–Crippen MR) is 103 cm³/mol. The third kappa shape index (κ3) is 3.60. The molecule has 2 heterocycles. The minimum Gasteiger partial charge on any atom is -0.508 e. The van der Waals surface area contributed by atoms with Crippen LogP contribution < -0.4 is 0 Å². The SMILES string of the molecule is CCc1ccc(C(=O)N2CCN(C(=O)c3cc(O)ccc3C)CC2C)s1. The zero-order valence-corrected chi connectivity index (χ0v) is 16.2. The average molecular weight is 372 g/mol. The zero-order chi connectivity index (χ0) is 18.8. The third-order valence-electron chi connectivity index (χ3n) is 4.85. The maximum atomic E-state index is 12.8. The molecule has 138 valence electrons. The van der Waals surface area contributed by atoms with Crippen LogP contribution in [0.2, 0.25) is 0 Å². The number of piperazine rings is 1. The average Bonchev–Trinajstić information content (AvgIpc) is 3.11. The predicted octanol–water partition coefficient (Wildman–Crippen LogP) is 3.31. The maximum absolute atomic E-state index is 12.8. The normalized spacial score (nSPS) is 17.4. The molecule has 26 heavy (non-hydrogen) atoms. The molecule has 0 saturated carbocycles. The van der Waals surface area contributed by atoms with E-state index in [0.29, 0.717) is 25.2 Å². The van der Waals surface area contributed by atoms with Crippen LogP contribution in [0.4, 0.5) is 0 Å². The van der Waals surface area contributed by atoms with Gasteiger partial charge in [0.1, 0.15) is 5.75 Å². The first-order chi connectivity index (χ1) is 12.4. The first-order valence-corrected chi connectivity index (χ1v) is 9.71. The van der Waals surface area contributed by atoms with Crippen molar-refractivity contribution in [2.24, 2.45) is 0 Å². The molecule has 2 amide bonds. The van der Waals surface area contributed by atoms with Crippen molar-refractivity contribution in [2.45, 2.75) is 33.2 Å². The molecule has 1 unspecified atom stereocenters. The summed E-state index contributed by atoms with van der Waals surface area (Å²) in [5.41, 5.74) is 1.35. The van der Waals surface area contributed by atoms with Crippen LogP contribution in [0.25, 0.3) is 0 Å². The number of thiophene rings is 1. The van der Waals surface area contributed by atoms with Gasteiger partial charge in [0.05, 0.1) is 4.88 Å². The van der Waals surface area contributed by atoms with Crippen molar-refractivity contribution in [3.8, 4) is 5.75 Å². The van der Waals surface area contributed by atoms with Crippen LogP contribution in [0, 0.1) is 6.92 Å². The summed E-state index contributed by atoms with van der Waals surface area (Å²) < 4.78 is 0. The highest BCUT2D eigenvalue weighted by molar-refractivity contribution is 7.14. The highest BCUT2D eigenvalue weighted by Gasteiger charge is 2.31. The smallest absolute Gasteiger partial charge is 0.264 e. The van der Waals surface area contributed by atoms with Crippen molar-refractivity contribution in [3.63, 3.8) is 0 Å². The lowest BCUT2D eigenvalue weighted by Gasteiger charge is -2.39. The van der Waals surface area contributed by atoms with E-state index in [9.17, 15) is 14.7 Å². The van der Waals surface area contributed by atoms with E-state index >= 15 is 0 Å². The summed E-state index contributed by atoms with van der Waals surface area (Å²) in [6, 6.07) is 8.69. The van der Waals surface area contributed by atoms with Crippen LogP contribution in [-0.2, 0) is 6.42 Å². The van der Waals surface area contributed by atoms with E-state index in [-0.39, 0.29) is 23.6 Å². The Hall–Kier alpha value is -2.34. The van der Waals surface area contributed by atoms with Crippen molar-refractivity contribution < 1.29 is 14.7 Å². The summed E-state index contributed by atoms with van der Waals surface area (Å²) in [4.78, 5) is 31.2. The summed E-state index contributed by atoms with van der Waals surface area (Å²) in [5.74, 6) is 0.0369. The number of rotatable bonds is 3. The van der Waals surface area contributed by atoms with Crippen molar-refractivity contribution in [1.29, 1.82) is 0 Å². The molecule has 0 radical (unpaired) electrons. The van der Waals surface area contributed by atoms with Crippen molar-refractivity contribution in [1.82, 2.24) is 9.80 Å². The van der Waals surface area contributed by atoms with Crippen molar-refractivity contribution >= 4 is 23.2 Å². The fraction of sp³-hybridized carbons (Fsp3) is 0.400. The molecule has 3 rings (SSSR count). The van der Waals surface area contributed by atoms with Crippen molar-refractivity contribution in [2.75, 3.05) is 19.6 Å². The molecule has 1 saturated heterocycles. The second kappa shape index (κ2) is 7.50. The summed E-state index contributed by atoms with van der Waals surface area (Å²) in [6.45, 7) is 7.42. The summed E-state index contributed by atoms with van der Waals surface area (Å²) in [7, 11) is 0. The fourth-order valence-corrected chi connectivity index (χ4v) is 4.18. The van der Waals surface area contributed by atoms with Gasteiger partial charge in [-0.25, -0.2) is 0 Å². The van der Waals surface area contributed by atoms with E-state index in [1.807, 2.05) is 30.9 Å². The monoisotopic (exact) mass is 372 g/mol. The molecular weight excluding hydrogens is 348 g/mol. The first-order valence-electron chi connectivity index (χ1n) is 8.89. The van der Waals surface area contributed by atoms with Crippen LogP contribution in [0.1, 0.15) is 44.3 Å². The fourth-order valence-electron chi connectivity index (χ4n) is 3.28. The summed E-state index contributed by atoms with van der Waals surface area (Å²) in [6.07, 6.45) is 0.930. The second-order valence-electron chi connectivity index (χ2n) is 6.72. The van der Waals surface area contributed by atoms with Crippen molar-refractivity contribution in [3.05, 3.63) is 51.2 Å². The molecule has 1 fully saturated rings. The molecule has 0 aliphatic carbocycles. The Morgan fingerprint density at radius 1 is 1.19 bits per heavy atom. The molecule has 6 heteroatoms. The molecule has 2 aromatic rings. The molecular formula is C20H24N2O3S. The molecule has 1 N–H and O–H groups in total. The first kappa shape index (κ1) is 18.5. The number of carbonyl (C=O) groups excluding carboxylic acids is 2. The van der Waals surface area contributed by atoms with E-state index in [4.69, 9.17) is 0 Å². The van der Waals surface area contributed by atoms with Gasteiger partial charge in [0, 0.05) is 36.1 Å². The molecule has 0 spiro atoms. The van der Waals surface area contributed by atoms with Gasteiger partial charge in [0.15, 0.2) is 0 Å². The van der Waals surface area contributed by atoms with Gasteiger partial charge in [0.2, 0.25) is 0 Å². The largest absolute Gasteiger partial charge is 0.508 e. The summed E-state index contributed by atoms with van der Waals surface area (Å²) in [5, 5.41) is 9.68. The van der Waals surface area contributed by atoms with E-state index < -0.39 is 0 Å².